The van der Waals surface area contributed by atoms with Crippen LogP contribution >= 0.6 is 0 Å². The molecular weight excluding hydrogens is 136 g/mol. The summed E-state index contributed by atoms with van der Waals surface area (Å²) in [5, 5.41) is 0. The number of nitrogens with two attached hydrogens (primary N) is 1. The minimum Gasteiger partial charge on any atom is -0.328 e. The first-order chi connectivity index (χ1) is 5.20. The van der Waals surface area contributed by atoms with Crippen molar-refractivity contribution in [1.29, 1.82) is 0 Å². The molecule has 0 saturated carbocycles. The Balaban J connectivity index is 2.34. The van der Waals surface area contributed by atoms with E-state index in [4.69, 9.17) is 5.73 Å². The van der Waals surface area contributed by atoms with Crippen LogP contribution in [0, 0.1) is 0 Å². The minimum absolute atomic E-state index is 0.457. The van der Waals surface area contributed by atoms with Crippen LogP contribution in [-0.2, 0) is 0 Å². The van der Waals surface area contributed by atoms with Crippen LogP contribution in [0.15, 0.2) is 0 Å². The van der Waals surface area contributed by atoms with Gasteiger partial charge in [-0.1, -0.05) is 0 Å². The van der Waals surface area contributed by atoms with Gasteiger partial charge in [-0.2, -0.15) is 0 Å². The van der Waals surface area contributed by atoms with Crippen molar-refractivity contribution in [2.45, 2.75) is 45.2 Å². The molecule has 1 atom stereocenters. The average molecular weight is 156 g/mol. The van der Waals surface area contributed by atoms with Crippen molar-refractivity contribution in [3.05, 3.63) is 0 Å². The monoisotopic (exact) mass is 156 g/mol. The molecule has 2 heteroatoms. The van der Waals surface area contributed by atoms with Crippen molar-refractivity contribution in [3.63, 3.8) is 0 Å². The molecule has 0 amide bonds. The molecule has 0 aliphatic carbocycles. The highest BCUT2D eigenvalue weighted by Gasteiger charge is 2.15. The molecule has 1 rings (SSSR count). The van der Waals surface area contributed by atoms with Gasteiger partial charge in [-0.05, 0) is 46.2 Å². The Morgan fingerprint density at radius 3 is 2.64 bits per heavy atom. The Morgan fingerprint density at radius 1 is 1.27 bits per heavy atom. The van der Waals surface area contributed by atoms with Crippen LogP contribution in [-0.4, -0.2) is 30.1 Å². The highest BCUT2D eigenvalue weighted by molar-refractivity contribution is 4.73. The van der Waals surface area contributed by atoms with Gasteiger partial charge in [0.15, 0.2) is 0 Å². The van der Waals surface area contributed by atoms with Gasteiger partial charge in [0, 0.05) is 12.1 Å². The molecule has 1 aliphatic heterocycles. The average Bonchev–Trinajstić information content (AvgIpc) is 2.13. The Labute approximate surface area is 69.8 Å². The van der Waals surface area contributed by atoms with E-state index in [1.165, 1.54) is 32.4 Å². The highest BCUT2D eigenvalue weighted by atomic mass is 15.1. The molecule has 0 spiro atoms. The first-order valence-electron chi connectivity index (χ1n) is 4.70. The fourth-order valence-corrected chi connectivity index (χ4v) is 1.66. The third-order valence-electron chi connectivity index (χ3n) is 2.54. The molecule has 0 aromatic carbocycles. The second kappa shape index (κ2) is 4.07. The Kier molecular flexibility index (Phi) is 3.34. The van der Waals surface area contributed by atoms with Gasteiger partial charge in [-0.3, -0.25) is 0 Å². The van der Waals surface area contributed by atoms with Gasteiger partial charge >= 0.3 is 0 Å². The summed E-state index contributed by atoms with van der Waals surface area (Å²) in [6, 6.07) is 1.15. The summed E-state index contributed by atoms with van der Waals surface area (Å²) in [7, 11) is 0. The first-order valence-corrected chi connectivity index (χ1v) is 4.70. The standard InChI is InChI=1S/C9H20N2/c1-8(2)11-6-3-4-9(10)5-7-11/h8-9H,3-7,10H2,1-2H3. The maximum atomic E-state index is 5.87. The lowest BCUT2D eigenvalue weighted by atomic mass is 10.1. The van der Waals surface area contributed by atoms with E-state index >= 15 is 0 Å². The van der Waals surface area contributed by atoms with E-state index in [1.807, 2.05) is 0 Å². The van der Waals surface area contributed by atoms with E-state index in [-0.39, 0.29) is 0 Å². The molecule has 1 fully saturated rings. The van der Waals surface area contributed by atoms with Crippen molar-refractivity contribution < 1.29 is 0 Å². The summed E-state index contributed by atoms with van der Waals surface area (Å²) in [5.41, 5.74) is 5.87. The third kappa shape index (κ3) is 2.80. The molecule has 0 bridgehead atoms. The summed E-state index contributed by atoms with van der Waals surface area (Å²) in [5.74, 6) is 0. The molecule has 1 saturated heterocycles. The van der Waals surface area contributed by atoms with E-state index in [0.29, 0.717) is 12.1 Å². The fourth-order valence-electron chi connectivity index (χ4n) is 1.66. The molecule has 11 heavy (non-hydrogen) atoms. The number of hydrogen-bond donors (Lipinski definition) is 1. The lowest BCUT2D eigenvalue weighted by molar-refractivity contribution is 0.230. The maximum absolute atomic E-state index is 5.87. The third-order valence-corrected chi connectivity index (χ3v) is 2.54. The summed E-state index contributed by atoms with van der Waals surface area (Å²) in [4.78, 5) is 2.52. The highest BCUT2D eigenvalue weighted by Crippen LogP contribution is 2.11. The molecular formula is C9H20N2. The molecule has 2 N–H and O–H groups in total. The van der Waals surface area contributed by atoms with Crippen molar-refractivity contribution in [3.8, 4) is 0 Å². The lowest BCUT2D eigenvalue weighted by Gasteiger charge is -2.23. The quantitative estimate of drug-likeness (QED) is 0.618. The zero-order valence-electron chi connectivity index (χ0n) is 7.71. The summed E-state index contributed by atoms with van der Waals surface area (Å²) in [6.45, 7) is 6.96. The van der Waals surface area contributed by atoms with Crippen molar-refractivity contribution in [2.75, 3.05) is 13.1 Å². The molecule has 1 aliphatic rings. The van der Waals surface area contributed by atoms with E-state index in [1.54, 1.807) is 0 Å². The molecule has 2 nitrogen and oxygen atoms in total. The Hall–Kier alpha value is -0.0800. The zero-order valence-corrected chi connectivity index (χ0v) is 7.71. The predicted molar refractivity (Wildman–Crippen MR) is 48.5 cm³/mol. The van der Waals surface area contributed by atoms with Crippen LogP contribution in [0.4, 0.5) is 0 Å². The van der Waals surface area contributed by atoms with Crippen molar-refractivity contribution in [2.24, 2.45) is 5.73 Å². The SMILES string of the molecule is CC(C)N1CCCC(N)CC1. The number of rotatable bonds is 1. The lowest BCUT2D eigenvalue weighted by Crippen LogP contribution is -2.32. The van der Waals surface area contributed by atoms with Gasteiger partial charge in [0.1, 0.15) is 0 Å². The summed E-state index contributed by atoms with van der Waals surface area (Å²) >= 11 is 0. The smallest absolute Gasteiger partial charge is 0.00514 e. The van der Waals surface area contributed by atoms with E-state index in [0.717, 1.165) is 0 Å². The van der Waals surface area contributed by atoms with Gasteiger partial charge in [-0.25, -0.2) is 0 Å². The maximum Gasteiger partial charge on any atom is 0.00514 e. The largest absolute Gasteiger partial charge is 0.328 e. The molecule has 0 aromatic heterocycles. The van der Waals surface area contributed by atoms with E-state index < -0.39 is 0 Å². The van der Waals surface area contributed by atoms with E-state index in [9.17, 15) is 0 Å². The molecule has 1 unspecified atom stereocenters. The van der Waals surface area contributed by atoms with Crippen LogP contribution in [0.3, 0.4) is 0 Å². The number of nitrogens with zero attached hydrogens (tertiary/aromatic N) is 1. The van der Waals surface area contributed by atoms with Gasteiger partial charge in [0.2, 0.25) is 0 Å². The first kappa shape index (κ1) is 9.01. The number of hydrogen-bond acceptors (Lipinski definition) is 2. The molecule has 1 heterocycles. The second-order valence-corrected chi connectivity index (χ2v) is 3.82. The molecule has 66 valence electrons. The summed E-state index contributed by atoms with van der Waals surface area (Å²) in [6.07, 6.45) is 3.67. The topological polar surface area (TPSA) is 29.3 Å². The van der Waals surface area contributed by atoms with Crippen LogP contribution < -0.4 is 5.73 Å². The van der Waals surface area contributed by atoms with Crippen LogP contribution in [0.5, 0.6) is 0 Å². The van der Waals surface area contributed by atoms with Crippen LogP contribution in [0.2, 0.25) is 0 Å². The fraction of sp³-hybridized carbons (Fsp3) is 1.00. The van der Waals surface area contributed by atoms with Gasteiger partial charge in [-0.15, -0.1) is 0 Å². The zero-order chi connectivity index (χ0) is 8.27. The van der Waals surface area contributed by atoms with Gasteiger partial charge < -0.3 is 10.6 Å². The Morgan fingerprint density at radius 2 is 2.00 bits per heavy atom. The summed E-state index contributed by atoms with van der Waals surface area (Å²) < 4.78 is 0. The van der Waals surface area contributed by atoms with Crippen molar-refractivity contribution >= 4 is 0 Å². The van der Waals surface area contributed by atoms with Gasteiger partial charge in [0.05, 0.1) is 0 Å². The van der Waals surface area contributed by atoms with Crippen molar-refractivity contribution in [1.82, 2.24) is 4.90 Å². The second-order valence-electron chi connectivity index (χ2n) is 3.82. The minimum atomic E-state index is 0.457. The van der Waals surface area contributed by atoms with Crippen LogP contribution in [0.1, 0.15) is 33.1 Å². The van der Waals surface area contributed by atoms with E-state index in [2.05, 4.69) is 18.7 Å². The molecule has 0 aromatic rings. The van der Waals surface area contributed by atoms with Crippen LogP contribution in [0.25, 0.3) is 0 Å². The number of likely N-dealkylation sites (tertiary alicyclic amines) is 1. The van der Waals surface area contributed by atoms with Gasteiger partial charge in [0.25, 0.3) is 0 Å². The molecule has 0 radical (unpaired) electrons. The predicted octanol–water partition coefficient (Wildman–Crippen LogP) is 1.21. The Bertz CT molecular complexity index is 112. The normalized spacial score (nSPS) is 28.9.